The van der Waals surface area contributed by atoms with Gasteiger partial charge in [-0.05, 0) is 29.8 Å². The highest BCUT2D eigenvalue weighted by molar-refractivity contribution is 9.10. The zero-order chi connectivity index (χ0) is 16.2. The van der Waals surface area contributed by atoms with Crippen LogP contribution in [0.15, 0.2) is 15.5 Å². The maximum atomic E-state index is 12.2. The molecule has 0 aliphatic heterocycles. The van der Waals surface area contributed by atoms with Crippen LogP contribution in [0.4, 0.5) is 18.9 Å². The zero-order valence-corrected chi connectivity index (χ0v) is 12.9. The van der Waals surface area contributed by atoms with Gasteiger partial charge in [0.1, 0.15) is 11.0 Å². The van der Waals surface area contributed by atoms with Gasteiger partial charge in [-0.25, -0.2) is 4.68 Å². The third-order valence-electron chi connectivity index (χ3n) is 2.20. The summed E-state index contributed by atoms with van der Waals surface area (Å²) in [6, 6.07) is -0.0411. The molecule has 0 atom stereocenters. The normalized spacial score (nSPS) is 11.6. The van der Waals surface area contributed by atoms with Gasteiger partial charge in [0.05, 0.1) is 18.4 Å². The summed E-state index contributed by atoms with van der Waals surface area (Å²) >= 11 is 2.90. The molecule has 1 rings (SSSR count). The lowest BCUT2D eigenvalue weighted by Crippen LogP contribution is -2.35. The molecule has 10 heteroatoms. The number of nitrogens with zero attached hydrogens (tertiary/aromatic N) is 2. The number of aromatic nitrogens is 2. The first kappa shape index (κ1) is 17.5. The van der Waals surface area contributed by atoms with E-state index in [-0.39, 0.29) is 28.7 Å². The summed E-state index contributed by atoms with van der Waals surface area (Å²) in [7, 11) is 0. The van der Waals surface area contributed by atoms with Crippen LogP contribution in [0.25, 0.3) is 0 Å². The Morgan fingerprint density at radius 3 is 2.62 bits per heavy atom. The molecule has 0 aliphatic rings. The van der Waals surface area contributed by atoms with Crippen molar-refractivity contribution in [3.8, 4) is 0 Å². The minimum atomic E-state index is -4.54. The summed E-state index contributed by atoms with van der Waals surface area (Å²) in [5.74, 6) is -0.309. The molecule has 1 heterocycles. The van der Waals surface area contributed by atoms with E-state index in [1.165, 1.54) is 0 Å². The van der Waals surface area contributed by atoms with Crippen LogP contribution >= 0.6 is 15.9 Å². The molecule has 1 aromatic rings. The Hall–Kier alpha value is -1.58. The van der Waals surface area contributed by atoms with Crippen molar-refractivity contribution in [3.63, 3.8) is 0 Å². The number of carbonyl (C=O) groups is 1. The van der Waals surface area contributed by atoms with Gasteiger partial charge in [-0.15, -0.1) is 0 Å². The monoisotopic (exact) mass is 370 g/mol. The van der Waals surface area contributed by atoms with E-state index >= 15 is 0 Å². The molecule has 2 N–H and O–H groups in total. The minimum absolute atomic E-state index is 0.0411. The van der Waals surface area contributed by atoms with Crippen molar-refractivity contribution in [1.82, 2.24) is 15.1 Å². The van der Waals surface area contributed by atoms with E-state index in [4.69, 9.17) is 0 Å². The second-order valence-electron chi connectivity index (χ2n) is 4.53. The van der Waals surface area contributed by atoms with Crippen molar-refractivity contribution in [1.29, 1.82) is 0 Å². The van der Waals surface area contributed by atoms with Gasteiger partial charge >= 0.3 is 6.18 Å². The number of hydrogen-bond acceptors (Lipinski definition) is 4. The summed E-state index contributed by atoms with van der Waals surface area (Å²) in [5, 5.41) is 8.68. The molecule has 0 radical (unpaired) electrons. The van der Waals surface area contributed by atoms with Gasteiger partial charge < -0.3 is 10.6 Å². The van der Waals surface area contributed by atoms with Gasteiger partial charge in [-0.2, -0.15) is 18.3 Å². The Morgan fingerprint density at radius 1 is 1.48 bits per heavy atom. The SMILES string of the molecule is CC(C)NC(=O)CNc1cnn(CC(F)(F)F)c(=O)c1Br. The maximum absolute atomic E-state index is 12.2. The number of halogens is 4. The van der Waals surface area contributed by atoms with Crippen LogP contribution in [-0.4, -0.2) is 34.5 Å². The van der Waals surface area contributed by atoms with Crippen LogP contribution in [0.5, 0.6) is 0 Å². The van der Waals surface area contributed by atoms with Crippen LogP contribution in [-0.2, 0) is 11.3 Å². The number of nitrogens with one attached hydrogen (secondary N) is 2. The predicted octanol–water partition coefficient (Wildman–Crippen LogP) is 1.50. The van der Waals surface area contributed by atoms with E-state index in [1.807, 2.05) is 0 Å². The average Bonchev–Trinajstić information content (AvgIpc) is 2.32. The van der Waals surface area contributed by atoms with Crippen LogP contribution < -0.4 is 16.2 Å². The molecule has 0 bridgehead atoms. The fourth-order valence-corrected chi connectivity index (χ4v) is 1.87. The highest BCUT2D eigenvalue weighted by Gasteiger charge is 2.29. The number of carbonyl (C=O) groups excluding carboxylic acids is 1. The highest BCUT2D eigenvalue weighted by atomic mass is 79.9. The predicted molar refractivity (Wildman–Crippen MR) is 74.0 cm³/mol. The van der Waals surface area contributed by atoms with E-state index in [9.17, 15) is 22.8 Å². The molecule has 6 nitrogen and oxygen atoms in total. The standard InChI is InChI=1S/C11H14BrF3N4O2/c1-6(2)18-8(20)4-16-7-3-17-19(5-11(13,14)15)10(21)9(7)12/h3,6,16H,4-5H2,1-2H3,(H,18,20). The fourth-order valence-electron chi connectivity index (χ4n) is 1.42. The molecule has 118 valence electrons. The first-order chi connectivity index (χ1) is 9.60. The Bertz CT molecular complexity index is 572. The summed E-state index contributed by atoms with van der Waals surface area (Å²) in [6.45, 7) is 1.97. The number of anilines is 1. The van der Waals surface area contributed by atoms with Crippen LogP contribution in [0.3, 0.4) is 0 Å². The van der Waals surface area contributed by atoms with Gasteiger partial charge in [-0.1, -0.05) is 0 Å². The van der Waals surface area contributed by atoms with Crippen molar-refractivity contribution in [2.75, 3.05) is 11.9 Å². The van der Waals surface area contributed by atoms with Gasteiger partial charge in [0, 0.05) is 6.04 Å². The molecular formula is C11H14BrF3N4O2. The van der Waals surface area contributed by atoms with E-state index in [1.54, 1.807) is 13.8 Å². The van der Waals surface area contributed by atoms with E-state index in [0.717, 1.165) is 6.20 Å². The molecular weight excluding hydrogens is 357 g/mol. The van der Waals surface area contributed by atoms with Crippen molar-refractivity contribution in [2.24, 2.45) is 0 Å². The second kappa shape index (κ2) is 6.92. The molecule has 0 aliphatic carbocycles. The lowest BCUT2D eigenvalue weighted by Gasteiger charge is -2.12. The summed E-state index contributed by atoms with van der Waals surface area (Å²) in [4.78, 5) is 23.1. The Morgan fingerprint density at radius 2 is 2.10 bits per heavy atom. The smallest absolute Gasteiger partial charge is 0.374 e. The Balaban J connectivity index is 2.81. The van der Waals surface area contributed by atoms with Crippen molar-refractivity contribution in [3.05, 3.63) is 21.0 Å². The maximum Gasteiger partial charge on any atom is 0.408 e. The van der Waals surface area contributed by atoms with Crippen LogP contribution in [0, 0.1) is 0 Å². The summed E-state index contributed by atoms with van der Waals surface area (Å²) in [6.07, 6.45) is -3.48. The molecule has 0 saturated heterocycles. The number of amides is 1. The van der Waals surface area contributed by atoms with Crippen LogP contribution in [0.2, 0.25) is 0 Å². The third kappa shape index (κ3) is 5.74. The Kier molecular flexibility index (Phi) is 5.76. The fraction of sp³-hybridized carbons (Fsp3) is 0.545. The topological polar surface area (TPSA) is 76.0 Å². The van der Waals surface area contributed by atoms with Gasteiger partial charge in [0.15, 0.2) is 0 Å². The van der Waals surface area contributed by atoms with Crippen molar-refractivity contribution in [2.45, 2.75) is 32.6 Å². The molecule has 1 amide bonds. The highest BCUT2D eigenvalue weighted by Crippen LogP contribution is 2.19. The summed E-state index contributed by atoms with van der Waals surface area (Å²) in [5.41, 5.74) is -0.779. The number of rotatable bonds is 5. The first-order valence-corrected chi connectivity index (χ1v) is 6.75. The number of hydrogen-bond donors (Lipinski definition) is 2. The summed E-state index contributed by atoms with van der Waals surface area (Å²) < 4.78 is 36.9. The molecule has 0 saturated carbocycles. The van der Waals surface area contributed by atoms with E-state index < -0.39 is 18.3 Å². The molecule has 0 fully saturated rings. The van der Waals surface area contributed by atoms with Crippen molar-refractivity contribution >= 4 is 27.5 Å². The molecule has 21 heavy (non-hydrogen) atoms. The van der Waals surface area contributed by atoms with Gasteiger partial charge in [0.25, 0.3) is 5.56 Å². The van der Waals surface area contributed by atoms with E-state index in [2.05, 4.69) is 31.7 Å². The first-order valence-electron chi connectivity index (χ1n) is 5.95. The van der Waals surface area contributed by atoms with Gasteiger partial charge in [0.2, 0.25) is 5.91 Å². The quantitative estimate of drug-likeness (QED) is 0.823. The molecule has 0 aromatic carbocycles. The number of alkyl halides is 3. The average molecular weight is 371 g/mol. The Labute approximate surface area is 126 Å². The van der Waals surface area contributed by atoms with Gasteiger partial charge in [-0.3, -0.25) is 9.59 Å². The third-order valence-corrected chi connectivity index (χ3v) is 2.97. The lowest BCUT2D eigenvalue weighted by atomic mass is 10.4. The molecule has 1 aromatic heterocycles. The van der Waals surface area contributed by atoms with Crippen molar-refractivity contribution < 1.29 is 18.0 Å². The van der Waals surface area contributed by atoms with Crippen LogP contribution in [0.1, 0.15) is 13.8 Å². The molecule has 0 spiro atoms. The molecule has 0 unspecified atom stereocenters. The largest absolute Gasteiger partial charge is 0.408 e. The van der Waals surface area contributed by atoms with E-state index in [0.29, 0.717) is 4.68 Å². The zero-order valence-electron chi connectivity index (χ0n) is 11.3. The lowest BCUT2D eigenvalue weighted by molar-refractivity contribution is -0.143. The second-order valence-corrected chi connectivity index (χ2v) is 5.32. The minimum Gasteiger partial charge on any atom is -0.374 e.